The van der Waals surface area contributed by atoms with E-state index >= 15 is 0 Å². The van der Waals surface area contributed by atoms with Crippen molar-refractivity contribution in [3.63, 3.8) is 0 Å². The van der Waals surface area contributed by atoms with Crippen molar-refractivity contribution in [3.05, 3.63) is 99.6 Å². The number of hydrogen-bond acceptors (Lipinski definition) is 4. The average molecular weight is 560 g/mol. The Bertz CT molecular complexity index is 1540. The molecule has 2 unspecified atom stereocenters. The van der Waals surface area contributed by atoms with Crippen molar-refractivity contribution >= 4 is 28.3 Å². The van der Waals surface area contributed by atoms with E-state index in [2.05, 4.69) is 29.1 Å². The molecule has 0 fully saturated rings. The summed E-state index contributed by atoms with van der Waals surface area (Å²) in [5.41, 5.74) is 5.50. The molecule has 2 atom stereocenters. The summed E-state index contributed by atoms with van der Waals surface area (Å²) < 4.78 is 39.5. The average Bonchev–Trinajstić information content (AvgIpc) is 2.92. The number of aryl methyl sites for hydroxylation is 3. The summed E-state index contributed by atoms with van der Waals surface area (Å²) in [7, 11) is 0. The summed E-state index contributed by atoms with van der Waals surface area (Å²) >= 11 is 1.09. The Kier molecular flexibility index (Phi) is 9.07. The molecule has 0 aliphatic carbocycles. The van der Waals surface area contributed by atoms with E-state index in [1.54, 1.807) is 6.07 Å². The molecule has 1 N–H and O–H groups in total. The molecule has 3 aromatic rings. The number of nitrogens with one attached hydrogen (secondary N) is 1. The summed E-state index contributed by atoms with van der Waals surface area (Å²) in [4.78, 5) is 24.2. The van der Waals surface area contributed by atoms with Gasteiger partial charge in [0.1, 0.15) is 0 Å². The number of fused-ring (bicyclic) bond motifs is 1. The van der Waals surface area contributed by atoms with Crippen LogP contribution in [-0.2, 0) is 17.6 Å². The molecular formula is C33H28F3NO2S. The predicted octanol–water partition coefficient (Wildman–Crippen LogP) is 7.45. The van der Waals surface area contributed by atoms with Crippen molar-refractivity contribution < 1.29 is 22.8 Å². The summed E-state index contributed by atoms with van der Waals surface area (Å²) in [5, 5.41) is 2.98. The van der Waals surface area contributed by atoms with Crippen molar-refractivity contribution in [3.8, 4) is 24.2 Å². The van der Waals surface area contributed by atoms with Gasteiger partial charge in [-0.3, -0.25) is 9.59 Å². The first-order valence-electron chi connectivity index (χ1n) is 12.9. The van der Waals surface area contributed by atoms with Crippen molar-refractivity contribution in [2.24, 2.45) is 0 Å². The van der Waals surface area contributed by atoms with Crippen molar-refractivity contribution in [2.45, 2.75) is 57.0 Å². The summed E-state index contributed by atoms with van der Waals surface area (Å²) in [6.45, 7) is 3.49. The molecule has 0 saturated heterocycles. The summed E-state index contributed by atoms with van der Waals surface area (Å²) in [5.74, 6) is 7.30. The standard InChI is InChI=1S/C33H28F3NO2S/c1-4-24-13-10-23(11-16-27-17-14-26-12-9-21(2)19-30(26)37-27)20-29(24)31(40-22(3)38)18-15-25-7-5-6-8-28(25)32(39)33(34,35)36/h1,5-10,12-13,19-20,27,31,37H,11,15-16,18H2,2-3H3. The van der Waals surface area contributed by atoms with Gasteiger partial charge in [0.2, 0.25) is 0 Å². The fourth-order valence-corrected chi connectivity index (χ4v) is 5.73. The third kappa shape index (κ3) is 7.17. The van der Waals surface area contributed by atoms with Crippen LogP contribution in [0.15, 0.2) is 60.7 Å². The van der Waals surface area contributed by atoms with E-state index in [1.807, 2.05) is 37.3 Å². The lowest BCUT2D eigenvalue weighted by Crippen LogP contribution is -2.24. The number of thioether (sulfide) groups is 1. The van der Waals surface area contributed by atoms with Gasteiger partial charge in [-0.2, -0.15) is 13.2 Å². The monoisotopic (exact) mass is 559 g/mol. The molecule has 0 saturated carbocycles. The SMILES string of the molecule is C#Cc1ccc(CCC2C#Cc3ccc(C)cc3N2)cc1C(CCc1ccccc1C(=O)C(F)(F)F)SC(C)=O. The van der Waals surface area contributed by atoms with E-state index in [0.717, 1.165) is 46.1 Å². The zero-order valence-corrected chi connectivity index (χ0v) is 23.0. The van der Waals surface area contributed by atoms with Crippen LogP contribution in [0.25, 0.3) is 0 Å². The van der Waals surface area contributed by atoms with Gasteiger partial charge >= 0.3 is 6.18 Å². The molecule has 0 spiro atoms. The smallest absolute Gasteiger partial charge is 0.371 e. The maximum Gasteiger partial charge on any atom is 0.454 e. The van der Waals surface area contributed by atoms with Gasteiger partial charge in [0.05, 0.1) is 11.7 Å². The molecule has 0 bridgehead atoms. The van der Waals surface area contributed by atoms with Gasteiger partial charge in [-0.15, -0.1) is 6.42 Å². The Hall–Kier alpha value is -3.94. The molecule has 0 amide bonds. The van der Waals surface area contributed by atoms with Crippen LogP contribution in [0.2, 0.25) is 0 Å². The number of anilines is 1. The van der Waals surface area contributed by atoms with Gasteiger partial charge in [-0.05, 0) is 73.1 Å². The molecule has 1 heterocycles. The minimum atomic E-state index is -4.97. The van der Waals surface area contributed by atoms with Crippen LogP contribution in [0.5, 0.6) is 0 Å². The lowest BCUT2D eigenvalue weighted by atomic mass is 9.93. The number of terminal acetylenes is 1. The first-order valence-corrected chi connectivity index (χ1v) is 13.8. The number of ketones is 1. The highest BCUT2D eigenvalue weighted by atomic mass is 32.2. The number of benzene rings is 3. The molecule has 0 aromatic heterocycles. The highest BCUT2D eigenvalue weighted by Crippen LogP contribution is 2.37. The molecule has 3 aromatic carbocycles. The number of alkyl halides is 3. The predicted molar refractivity (Wildman–Crippen MR) is 154 cm³/mol. The van der Waals surface area contributed by atoms with Gasteiger partial charge in [0.25, 0.3) is 5.78 Å². The minimum Gasteiger partial charge on any atom is -0.371 e. The number of carbonyl (C=O) groups is 2. The molecule has 3 nitrogen and oxygen atoms in total. The zero-order chi connectivity index (χ0) is 28.9. The van der Waals surface area contributed by atoms with Crippen LogP contribution in [0.1, 0.15) is 68.8 Å². The fraction of sp³-hybridized carbons (Fsp3) is 0.273. The first-order chi connectivity index (χ1) is 19.0. The largest absolute Gasteiger partial charge is 0.454 e. The molecular weight excluding hydrogens is 531 g/mol. The summed E-state index contributed by atoms with van der Waals surface area (Å²) in [6, 6.07) is 17.6. The molecule has 1 aliphatic heterocycles. The van der Waals surface area contributed by atoms with E-state index in [1.165, 1.54) is 25.1 Å². The van der Waals surface area contributed by atoms with Crippen LogP contribution in [-0.4, -0.2) is 23.1 Å². The Morgan fingerprint density at radius 2 is 1.88 bits per heavy atom. The molecule has 204 valence electrons. The second-order valence-electron chi connectivity index (χ2n) is 9.74. The minimum absolute atomic E-state index is 0.0184. The molecule has 4 rings (SSSR count). The van der Waals surface area contributed by atoms with Crippen LogP contribution in [0.4, 0.5) is 18.9 Å². The van der Waals surface area contributed by atoms with Gasteiger partial charge in [-0.25, -0.2) is 0 Å². The Morgan fingerprint density at radius 3 is 2.60 bits per heavy atom. The van der Waals surface area contributed by atoms with E-state index in [0.29, 0.717) is 18.4 Å². The third-order valence-corrected chi connectivity index (χ3v) is 7.84. The normalized spacial score (nSPS) is 14.7. The van der Waals surface area contributed by atoms with E-state index in [4.69, 9.17) is 6.42 Å². The topological polar surface area (TPSA) is 46.2 Å². The number of rotatable bonds is 9. The highest BCUT2D eigenvalue weighted by Gasteiger charge is 2.40. The Labute approximate surface area is 237 Å². The lowest BCUT2D eigenvalue weighted by molar-refractivity contribution is -0.109. The van der Waals surface area contributed by atoms with Gasteiger partial charge in [0.15, 0.2) is 5.12 Å². The maximum absolute atomic E-state index is 13.2. The fourth-order valence-electron chi connectivity index (χ4n) is 4.77. The summed E-state index contributed by atoms with van der Waals surface area (Å²) in [6.07, 6.45) is 2.81. The number of halogens is 3. The lowest BCUT2D eigenvalue weighted by Gasteiger charge is -2.21. The van der Waals surface area contributed by atoms with Crippen molar-refractivity contribution in [1.29, 1.82) is 0 Å². The van der Waals surface area contributed by atoms with Crippen LogP contribution in [0.3, 0.4) is 0 Å². The second kappa shape index (κ2) is 12.5. The Morgan fingerprint density at radius 1 is 1.10 bits per heavy atom. The van der Waals surface area contributed by atoms with Gasteiger partial charge < -0.3 is 5.32 Å². The van der Waals surface area contributed by atoms with Crippen LogP contribution < -0.4 is 5.32 Å². The van der Waals surface area contributed by atoms with Crippen LogP contribution >= 0.6 is 11.8 Å². The van der Waals surface area contributed by atoms with Crippen molar-refractivity contribution in [2.75, 3.05) is 5.32 Å². The zero-order valence-electron chi connectivity index (χ0n) is 22.2. The number of Topliss-reactive ketones (excluding diaryl/α,β-unsaturated/α-hetero) is 1. The van der Waals surface area contributed by atoms with Crippen molar-refractivity contribution in [1.82, 2.24) is 0 Å². The first kappa shape index (κ1) is 29.1. The molecule has 40 heavy (non-hydrogen) atoms. The second-order valence-corrected chi connectivity index (χ2v) is 11.1. The molecule has 1 aliphatic rings. The van der Waals surface area contributed by atoms with E-state index in [-0.39, 0.29) is 34.0 Å². The maximum atomic E-state index is 13.2. The number of hydrogen-bond donors (Lipinski definition) is 1. The quantitative estimate of drug-likeness (QED) is 0.219. The molecule has 0 radical (unpaired) electrons. The van der Waals surface area contributed by atoms with E-state index in [9.17, 15) is 22.8 Å². The number of carbonyl (C=O) groups excluding carboxylic acids is 2. The van der Waals surface area contributed by atoms with Gasteiger partial charge in [-0.1, -0.05) is 72.0 Å². The van der Waals surface area contributed by atoms with Gasteiger partial charge in [0, 0.05) is 28.9 Å². The third-order valence-electron chi connectivity index (χ3n) is 6.73. The highest BCUT2D eigenvalue weighted by molar-refractivity contribution is 8.13. The van der Waals surface area contributed by atoms with Crippen LogP contribution in [0, 0.1) is 31.1 Å². The Balaban J connectivity index is 1.53. The van der Waals surface area contributed by atoms with E-state index < -0.39 is 12.0 Å². The molecule has 7 heteroatoms.